The van der Waals surface area contributed by atoms with Crippen LogP contribution in [0.1, 0.15) is 49.3 Å². The van der Waals surface area contributed by atoms with Crippen LogP contribution in [0, 0.1) is 20.8 Å². The minimum absolute atomic E-state index is 0.0971. The zero-order valence-corrected chi connectivity index (χ0v) is 13.5. The maximum absolute atomic E-state index is 11.9. The van der Waals surface area contributed by atoms with E-state index in [9.17, 15) is 4.79 Å². The minimum Gasteiger partial charge on any atom is -0.354 e. The lowest BCUT2D eigenvalue weighted by molar-refractivity contribution is -0.121. The molecule has 0 fully saturated rings. The zero-order chi connectivity index (χ0) is 15.6. The van der Waals surface area contributed by atoms with Crippen molar-refractivity contribution in [3.8, 4) is 0 Å². The van der Waals surface area contributed by atoms with Crippen molar-refractivity contribution in [2.24, 2.45) is 0 Å². The normalized spacial score (nSPS) is 12.6. The third-order valence-corrected chi connectivity index (χ3v) is 3.91. The predicted octanol–water partition coefficient (Wildman–Crippen LogP) is 2.50. The van der Waals surface area contributed by atoms with Crippen LogP contribution in [-0.4, -0.2) is 26.5 Å². The Morgan fingerprint density at radius 2 is 2.10 bits per heavy atom. The van der Waals surface area contributed by atoms with Crippen LogP contribution < -0.4 is 5.32 Å². The Bertz CT molecular complexity index is 660. The van der Waals surface area contributed by atoms with Crippen molar-refractivity contribution in [2.75, 3.05) is 0 Å². The topological polar surface area (TPSA) is 59.3 Å². The lowest BCUT2D eigenvalue weighted by Crippen LogP contribution is -2.32. The lowest BCUT2D eigenvalue weighted by atomic mass is 10.1. The van der Waals surface area contributed by atoms with Gasteiger partial charge < -0.3 is 5.32 Å². The highest BCUT2D eigenvalue weighted by Crippen LogP contribution is 2.17. The van der Waals surface area contributed by atoms with E-state index in [0.29, 0.717) is 12.8 Å². The van der Waals surface area contributed by atoms with Crippen molar-refractivity contribution in [3.05, 3.63) is 28.7 Å². The first-order chi connectivity index (χ1) is 9.92. The van der Waals surface area contributed by atoms with Crippen LogP contribution >= 0.6 is 0 Å². The molecule has 114 valence electrons. The molecule has 0 aliphatic carbocycles. The molecule has 1 atom stereocenters. The highest BCUT2D eigenvalue weighted by molar-refractivity contribution is 5.76. The second-order valence-corrected chi connectivity index (χ2v) is 5.69. The molecule has 0 bridgehead atoms. The van der Waals surface area contributed by atoms with Gasteiger partial charge in [-0.05, 0) is 46.1 Å². The molecule has 0 saturated carbocycles. The molecule has 0 aromatic carbocycles. The molecule has 0 radical (unpaired) electrons. The van der Waals surface area contributed by atoms with Crippen molar-refractivity contribution < 1.29 is 4.79 Å². The Hall–Kier alpha value is -1.91. The summed E-state index contributed by atoms with van der Waals surface area (Å²) in [6.45, 7) is 10.1. The zero-order valence-electron chi connectivity index (χ0n) is 13.5. The molecular weight excluding hydrogens is 264 g/mol. The standard InChI is InChI=1S/C16H24N4O/c1-6-10(2)17-16(21)8-7-14-12(4)18-15-9-11(3)19-20(15)13(14)5/h9-10H,6-8H2,1-5H3,(H,17,21). The van der Waals surface area contributed by atoms with E-state index < -0.39 is 0 Å². The summed E-state index contributed by atoms with van der Waals surface area (Å²) in [6.07, 6.45) is 2.13. The van der Waals surface area contributed by atoms with Gasteiger partial charge in [-0.15, -0.1) is 0 Å². The molecule has 1 amide bonds. The smallest absolute Gasteiger partial charge is 0.220 e. The van der Waals surface area contributed by atoms with Crippen LogP contribution in [0.2, 0.25) is 0 Å². The number of nitrogens with one attached hydrogen (secondary N) is 1. The summed E-state index contributed by atoms with van der Waals surface area (Å²) in [4.78, 5) is 16.5. The summed E-state index contributed by atoms with van der Waals surface area (Å²) in [5, 5.41) is 7.46. The maximum atomic E-state index is 11.9. The molecule has 21 heavy (non-hydrogen) atoms. The number of hydrogen-bond donors (Lipinski definition) is 1. The summed E-state index contributed by atoms with van der Waals surface area (Å²) < 4.78 is 1.87. The van der Waals surface area contributed by atoms with Gasteiger partial charge in [0.15, 0.2) is 5.65 Å². The highest BCUT2D eigenvalue weighted by atomic mass is 16.1. The summed E-state index contributed by atoms with van der Waals surface area (Å²) in [7, 11) is 0. The third kappa shape index (κ3) is 3.40. The van der Waals surface area contributed by atoms with Gasteiger partial charge in [0, 0.05) is 29.9 Å². The third-order valence-electron chi connectivity index (χ3n) is 3.91. The van der Waals surface area contributed by atoms with Gasteiger partial charge in [0.25, 0.3) is 0 Å². The van der Waals surface area contributed by atoms with E-state index in [1.165, 1.54) is 0 Å². The van der Waals surface area contributed by atoms with E-state index in [-0.39, 0.29) is 11.9 Å². The number of carbonyl (C=O) groups excluding carboxylic acids is 1. The van der Waals surface area contributed by atoms with Crippen LogP contribution in [0.4, 0.5) is 0 Å². The van der Waals surface area contributed by atoms with Crippen LogP contribution in [0.3, 0.4) is 0 Å². The molecule has 1 N–H and O–H groups in total. The second kappa shape index (κ2) is 6.24. The van der Waals surface area contributed by atoms with Gasteiger partial charge >= 0.3 is 0 Å². The van der Waals surface area contributed by atoms with E-state index in [1.54, 1.807) is 0 Å². The van der Waals surface area contributed by atoms with Gasteiger partial charge in [0.1, 0.15) is 0 Å². The van der Waals surface area contributed by atoms with Crippen molar-refractivity contribution in [2.45, 2.75) is 59.9 Å². The van der Waals surface area contributed by atoms with E-state index in [1.807, 2.05) is 38.3 Å². The Morgan fingerprint density at radius 1 is 1.38 bits per heavy atom. The molecule has 5 heteroatoms. The van der Waals surface area contributed by atoms with Crippen molar-refractivity contribution >= 4 is 11.6 Å². The van der Waals surface area contributed by atoms with E-state index in [4.69, 9.17) is 0 Å². The number of fused-ring (bicyclic) bond motifs is 1. The average molecular weight is 288 g/mol. The van der Waals surface area contributed by atoms with Crippen LogP contribution in [-0.2, 0) is 11.2 Å². The van der Waals surface area contributed by atoms with Gasteiger partial charge in [-0.25, -0.2) is 9.50 Å². The fourth-order valence-corrected chi connectivity index (χ4v) is 2.49. The molecule has 2 heterocycles. The number of carbonyl (C=O) groups is 1. The van der Waals surface area contributed by atoms with Gasteiger partial charge in [0.2, 0.25) is 5.91 Å². The summed E-state index contributed by atoms with van der Waals surface area (Å²) in [5.74, 6) is 0.0971. The molecule has 0 spiro atoms. The second-order valence-electron chi connectivity index (χ2n) is 5.69. The molecule has 5 nitrogen and oxygen atoms in total. The largest absolute Gasteiger partial charge is 0.354 e. The van der Waals surface area contributed by atoms with Gasteiger partial charge in [-0.1, -0.05) is 6.92 Å². The monoisotopic (exact) mass is 288 g/mol. The van der Waals surface area contributed by atoms with E-state index >= 15 is 0 Å². The lowest BCUT2D eigenvalue weighted by Gasteiger charge is -2.13. The number of rotatable bonds is 5. The molecule has 0 saturated heterocycles. The first-order valence-electron chi connectivity index (χ1n) is 7.54. The number of nitrogens with zero attached hydrogens (tertiary/aromatic N) is 3. The van der Waals surface area contributed by atoms with Crippen LogP contribution in [0.5, 0.6) is 0 Å². The molecule has 2 aromatic rings. The first kappa shape index (κ1) is 15.5. The summed E-state index contributed by atoms with van der Waals surface area (Å²) in [6, 6.07) is 2.20. The van der Waals surface area contributed by atoms with Crippen LogP contribution in [0.25, 0.3) is 5.65 Å². The SMILES string of the molecule is CCC(C)NC(=O)CCc1c(C)nc2cc(C)nn2c1C. The highest BCUT2D eigenvalue weighted by Gasteiger charge is 2.13. The van der Waals surface area contributed by atoms with Gasteiger partial charge in [-0.2, -0.15) is 5.10 Å². The van der Waals surface area contributed by atoms with Crippen LogP contribution in [0.15, 0.2) is 6.07 Å². The quantitative estimate of drug-likeness (QED) is 0.919. The molecule has 2 aromatic heterocycles. The number of aryl methyl sites for hydroxylation is 3. The Balaban J connectivity index is 2.16. The molecule has 1 unspecified atom stereocenters. The number of amides is 1. The summed E-state index contributed by atoms with van der Waals surface area (Å²) in [5.41, 5.74) is 5.00. The molecule has 0 aliphatic rings. The molecule has 0 aliphatic heterocycles. The Kier molecular flexibility index (Phi) is 4.60. The van der Waals surface area contributed by atoms with E-state index in [2.05, 4.69) is 22.3 Å². The van der Waals surface area contributed by atoms with Crippen molar-refractivity contribution in [1.82, 2.24) is 19.9 Å². The van der Waals surface area contributed by atoms with Gasteiger partial charge in [-0.3, -0.25) is 4.79 Å². The first-order valence-corrected chi connectivity index (χ1v) is 7.54. The maximum Gasteiger partial charge on any atom is 0.220 e. The fourth-order valence-electron chi connectivity index (χ4n) is 2.49. The predicted molar refractivity (Wildman–Crippen MR) is 83.4 cm³/mol. The number of hydrogen-bond acceptors (Lipinski definition) is 3. The van der Waals surface area contributed by atoms with Gasteiger partial charge in [0.05, 0.1) is 5.69 Å². The Labute approximate surface area is 125 Å². The van der Waals surface area contributed by atoms with Crippen molar-refractivity contribution in [3.63, 3.8) is 0 Å². The van der Waals surface area contributed by atoms with Crippen molar-refractivity contribution in [1.29, 1.82) is 0 Å². The molecular formula is C16H24N4O. The average Bonchev–Trinajstić information content (AvgIpc) is 2.79. The molecule has 2 rings (SSSR count). The summed E-state index contributed by atoms with van der Waals surface area (Å²) >= 11 is 0. The fraction of sp³-hybridized carbons (Fsp3) is 0.562. The minimum atomic E-state index is 0.0971. The van der Waals surface area contributed by atoms with E-state index in [0.717, 1.165) is 34.7 Å². The Morgan fingerprint density at radius 3 is 2.76 bits per heavy atom. The number of aromatic nitrogens is 3.